The molecule has 0 aromatic heterocycles. The maximum absolute atomic E-state index is 11.6. The number of hydrogen-bond donors (Lipinski definition) is 2. The Hall–Kier alpha value is -1.26. The van der Waals surface area contributed by atoms with Crippen LogP contribution >= 0.6 is 0 Å². The molecule has 3 heterocycles. The zero-order valence-electron chi connectivity index (χ0n) is 15.9. The molecule has 0 spiro atoms. The third-order valence-corrected chi connectivity index (χ3v) is 6.38. The predicted octanol–water partition coefficient (Wildman–Crippen LogP) is 3.78. The lowest BCUT2D eigenvalue weighted by Crippen LogP contribution is -2.62. The molecule has 25 heavy (non-hydrogen) atoms. The van der Waals surface area contributed by atoms with Crippen molar-refractivity contribution in [2.45, 2.75) is 109 Å². The van der Waals surface area contributed by atoms with E-state index in [9.17, 15) is 9.90 Å². The SMILES string of the molecule is CCCCCCCCC[C@@H]1C[C@H]2CC[C@H]3[C@H](C(=O)O)[C@@H](C)N=C(N1)N23. The highest BCUT2D eigenvalue weighted by atomic mass is 16.4. The van der Waals surface area contributed by atoms with Gasteiger partial charge in [-0.05, 0) is 32.6 Å². The van der Waals surface area contributed by atoms with Crippen molar-refractivity contribution in [1.82, 2.24) is 10.2 Å². The summed E-state index contributed by atoms with van der Waals surface area (Å²) in [6.45, 7) is 4.22. The Balaban J connectivity index is 1.50. The third-order valence-electron chi connectivity index (χ3n) is 6.38. The first-order valence-electron chi connectivity index (χ1n) is 10.5. The van der Waals surface area contributed by atoms with Crippen molar-refractivity contribution in [1.29, 1.82) is 0 Å². The van der Waals surface area contributed by atoms with Crippen LogP contribution in [0.2, 0.25) is 0 Å². The van der Waals surface area contributed by atoms with E-state index >= 15 is 0 Å². The van der Waals surface area contributed by atoms with Crippen molar-refractivity contribution in [3.05, 3.63) is 0 Å². The van der Waals surface area contributed by atoms with Crippen LogP contribution in [-0.2, 0) is 4.79 Å². The Labute approximate surface area is 152 Å². The van der Waals surface area contributed by atoms with Gasteiger partial charge in [0, 0.05) is 18.1 Å². The van der Waals surface area contributed by atoms with Crippen LogP contribution in [0, 0.1) is 5.92 Å². The van der Waals surface area contributed by atoms with Gasteiger partial charge in [0.05, 0.1) is 12.0 Å². The summed E-state index contributed by atoms with van der Waals surface area (Å²) in [4.78, 5) is 18.7. The Kier molecular flexibility index (Phi) is 6.24. The number of nitrogens with one attached hydrogen (secondary N) is 1. The minimum atomic E-state index is -0.689. The molecule has 0 aromatic carbocycles. The summed E-state index contributed by atoms with van der Waals surface area (Å²) in [6.07, 6.45) is 13.9. The molecule has 142 valence electrons. The number of rotatable bonds is 9. The Morgan fingerprint density at radius 2 is 1.92 bits per heavy atom. The van der Waals surface area contributed by atoms with Gasteiger partial charge in [0.1, 0.15) is 0 Å². The average Bonchev–Trinajstić information content (AvgIpc) is 2.98. The van der Waals surface area contributed by atoms with Gasteiger partial charge >= 0.3 is 5.97 Å². The number of aliphatic imine (C=N–C) groups is 1. The summed E-state index contributed by atoms with van der Waals surface area (Å²) in [7, 11) is 0. The van der Waals surface area contributed by atoms with Crippen molar-refractivity contribution in [2.75, 3.05) is 0 Å². The zero-order valence-corrected chi connectivity index (χ0v) is 15.9. The molecule has 2 fully saturated rings. The monoisotopic (exact) mass is 349 g/mol. The van der Waals surface area contributed by atoms with E-state index in [2.05, 4.69) is 17.1 Å². The largest absolute Gasteiger partial charge is 0.481 e. The molecule has 0 aromatic rings. The van der Waals surface area contributed by atoms with Crippen molar-refractivity contribution in [2.24, 2.45) is 10.9 Å². The number of carboxylic acids is 1. The van der Waals surface area contributed by atoms with Gasteiger partial charge in [-0.25, -0.2) is 4.99 Å². The first kappa shape index (κ1) is 18.5. The first-order valence-corrected chi connectivity index (χ1v) is 10.5. The minimum Gasteiger partial charge on any atom is -0.481 e. The quantitative estimate of drug-likeness (QED) is 0.622. The molecule has 3 aliphatic heterocycles. The van der Waals surface area contributed by atoms with E-state index in [1.165, 1.54) is 51.4 Å². The molecule has 0 saturated carbocycles. The van der Waals surface area contributed by atoms with Crippen LogP contribution in [0.4, 0.5) is 0 Å². The first-order chi connectivity index (χ1) is 12.1. The molecular weight excluding hydrogens is 314 g/mol. The van der Waals surface area contributed by atoms with E-state index in [4.69, 9.17) is 4.99 Å². The highest BCUT2D eigenvalue weighted by Crippen LogP contribution is 2.39. The molecular formula is C20H35N3O2. The predicted molar refractivity (Wildman–Crippen MR) is 101 cm³/mol. The van der Waals surface area contributed by atoms with Crippen LogP contribution < -0.4 is 5.32 Å². The van der Waals surface area contributed by atoms with E-state index in [0.29, 0.717) is 12.1 Å². The summed E-state index contributed by atoms with van der Waals surface area (Å²) in [5.41, 5.74) is 0. The van der Waals surface area contributed by atoms with Crippen LogP contribution in [0.5, 0.6) is 0 Å². The maximum atomic E-state index is 11.6. The molecule has 3 rings (SSSR count). The molecule has 5 atom stereocenters. The summed E-state index contributed by atoms with van der Waals surface area (Å²) in [5.74, 6) is -0.0573. The average molecular weight is 350 g/mol. The highest BCUT2D eigenvalue weighted by Gasteiger charge is 2.50. The van der Waals surface area contributed by atoms with Crippen molar-refractivity contribution in [3.8, 4) is 0 Å². The van der Waals surface area contributed by atoms with Crippen LogP contribution in [-0.4, -0.2) is 46.1 Å². The summed E-state index contributed by atoms with van der Waals surface area (Å²) >= 11 is 0. The van der Waals surface area contributed by atoms with Crippen LogP contribution in [0.1, 0.15) is 84.5 Å². The summed E-state index contributed by atoms with van der Waals surface area (Å²) in [6, 6.07) is 1.02. The minimum absolute atomic E-state index is 0.127. The number of carboxylic acid groups (broad SMARTS) is 1. The van der Waals surface area contributed by atoms with Gasteiger partial charge in [0.25, 0.3) is 0 Å². The van der Waals surface area contributed by atoms with Crippen molar-refractivity contribution < 1.29 is 9.90 Å². The Bertz CT molecular complexity index is 493. The second-order valence-corrected chi connectivity index (χ2v) is 8.25. The van der Waals surface area contributed by atoms with Gasteiger partial charge < -0.3 is 15.3 Å². The molecule has 0 amide bonds. The van der Waals surface area contributed by atoms with Gasteiger partial charge in [-0.2, -0.15) is 0 Å². The molecule has 0 aliphatic carbocycles. The molecule has 5 nitrogen and oxygen atoms in total. The van der Waals surface area contributed by atoms with E-state index in [1.54, 1.807) is 0 Å². The number of carbonyl (C=O) groups is 1. The van der Waals surface area contributed by atoms with E-state index in [-0.39, 0.29) is 18.0 Å². The lowest BCUT2D eigenvalue weighted by Gasteiger charge is -2.46. The molecule has 5 heteroatoms. The summed E-state index contributed by atoms with van der Waals surface area (Å²) in [5, 5.41) is 13.2. The van der Waals surface area contributed by atoms with Crippen LogP contribution in [0.25, 0.3) is 0 Å². The van der Waals surface area contributed by atoms with E-state index in [1.807, 2.05) is 6.92 Å². The van der Waals surface area contributed by atoms with Gasteiger partial charge in [-0.15, -0.1) is 0 Å². The fourth-order valence-electron chi connectivity index (χ4n) is 5.08. The highest BCUT2D eigenvalue weighted by molar-refractivity contribution is 5.85. The molecule has 0 unspecified atom stereocenters. The van der Waals surface area contributed by atoms with Crippen LogP contribution in [0.15, 0.2) is 4.99 Å². The molecule has 3 aliphatic rings. The molecule has 0 radical (unpaired) electrons. The number of aliphatic carboxylic acids is 1. The maximum Gasteiger partial charge on any atom is 0.310 e. The van der Waals surface area contributed by atoms with Gasteiger partial charge in [-0.3, -0.25) is 4.79 Å². The number of hydrogen-bond acceptors (Lipinski definition) is 4. The smallest absolute Gasteiger partial charge is 0.310 e. The van der Waals surface area contributed by atoms with E-state index < -0.39 is 5.97 Å². The van der Waals surface area contributed by atoms with Crippen LogP contribution in [0.3, 0.4) is 0 Å². The number of guanidine groups is 1. The molecule has 2 N–H and O–H groups in total. The lowest BCUT2D eigenvalue weighted by molar-refractivity contribution is -0.144. The van der Waals surface area contributed by atoms with Gasteiger partial charge in [0.15, 0.2) is 5.96 Å². The van der Waals surface area contributed by atoms with Crippen molar-refractivity contribution in [3.63, 3.8) is 0 Å². The fourth-order valence-corrected chi connectivity index (χ4v) is 5.08. The fraction of sp³-hybridized carbons (Fsp3) is 0.900. The number of nitrogens with zero attached hydrogens (tertiary/aromatic N) is 2. The molecule has 2 saturated heterocycles. The van der Waals surface area contributed by atoms with E-state index in [0.717, 1.165) is 25.2 Å². The Morgan fingerprint density at radius 3 is 2.64 bits per heavy atom. The van der Waals surface area contributed by atoms with Crippen molar-refractivity contribution >= 4 is 11.9 Å². The topological polar surface area (TPSA) is 64.9 Å². The standard InChI is InChI=1S/C20H35N3O2/c1-3-4-5-6-7-8-9-10-15-13-16-11-12-17-18(19(24)25)14(2)21-20(22-15)23(16)17/h14-18H,3-13H2,1-2H3,(H,21,22)(H,24,25)/t14-,15-,16-,17+,18-/m1/s1. The normalized spacial score (nSPS) is 33.6. The number of unbranched alkanes of at least 4 members (excludes halogenated alkanes) is 6. The van der Waals surface area contributed by atoms with Gasteiger partial charge in [-0.1, -0.05) is 51.9 Å². The second kappa shape index (κ2) is 8.41. The zero-order chi connectivity index (χ0) is 17.8. The van der Waals surface area contributed by atoms with Gasteiger partial charge in [0.2, 0.25) is 0 Å². The third kappa shape index (κ3) is 4.12. The molecule has 0 bridgehead atoms. The second-order valence-electron chi connectivity index (χ2n) is 8.25. The summed E-state index contributed by atoms with van der Waals surface area (Å²) < 4.78 is 0. The lowest BCUT2D eigenvalue weighted by atomic mass is 9.89. The Morgan fingerprint density at radius 1 is 1.20 bits per heavy atom.